The van der Waals surface area contributed by atoms with Crippen LogP contribution in [0.4, 0.5) is 11.4 Å². The van der Waals surface area contributed by atoms with E-state index in [4.69, 9.17) is 27.9 Å². The summed E-state index contributed by atoms with van der Waals surface area (Å²) in [5.74, 6) is 0.362. The number of halogens is 2. The SMILES string of the molecule is CC(=O)NCCN1C(=O)C(C)Oc2ccc(NCc3ccc(Cl)c(Cl)c3)cc21. The van der Waals surface area contributed by atoms with Crippen LogP contribution in [0.2, 0.25) is 10.0 Å². The summed E-state index contributed by atoms with van der Waals surface area (Å²) in [5.41, 5.74) is 2.49. The summed E-state index contributed by atoms with van der Waals surface area (Å²) >= 11 is 12.0. The van der Waals surface area contributed by atoms with Gasteiger partial charge >= 0.3 is 0 Å². The minimum Gasteiger partial charge on any atom is -0.479 e. The number of nitrogens with one attached hydrogen (secondary N) is 2. The average molecular weight is 422 g/mol. The molecule has 0 spiro atoms. The van der Waals surface area contributed by atoms with Gasteiger partial charge in [0, 0.05) is 32.2 Å². The predicted molar refractivity (Wildman–Crippen MR) is 111 cm³/mol. The molecule has 0 aromatic heterocycles. The second-order valence-corrected chi connectivity index (χ2v) is 7.33. The van der Waals surface area contributed by atoms with Crippen molar-refractivity contribution >= 4 is 46.4 Å². The summed E-state index contributed by atoms with van der Waals surface area (Å²) in [4.78, 5) is 25.3. The maximum atomic E-state index is 12.6. The van der Waals surface area contributed by atoms with Gasteiger partial charge < -0.3 is 20.3 Å². The lowest BCUT2D eigenvalue weighted by Crippen LogP contribution is -2.47. The number of fused-ring (bicyclic) bond motifs is 1. The molecule has 1 aliphatic rings. The molecule has 1 atom stereocenters. The zero-order valence-corrected chi connectivity index (χ0v) is 17.1. The van der Waals surface area contributed by atoms with E-state index >= 15 is 0 Å². The predicted octanol–water partition coefficient (Wildman–Crippen LogP) is 3.86. The van der Waals surface area contributed by atoms with Crippen molar-refractivity contribution in [1.82, 2.24) is 5.32 Å². The van der Waals surface area contributed by atoms with Crippen molar-refractivity contribution in [1.29, 1.82) is 0 Å². The standard InChI is InChI=1S/C20H21Cl2N3O3/c1-12-20(27)25(8-7-23-13(2)26)18-10-15(4-6-19(18)28-12)24-11-14-3-5-16(21)17(22)9-14/h3-6,9-10,12,24H,7-8,11H2,1-2H3,(H,23,26). The fourth-order valence-corrected chi connectivity index (χ4v) is 3.27. The van der Waals surface area contributed by atoms with Crippen LogP contribution in [0.5, 0.6) is 5.75 Å². The highest BCUT2D eigenvalue weighted by Gasteiger charge is 2.31. The van der Waals surface area contributed by atoms with Gasteiger partial charge in [-0.05, 0) is 42.8 Å². The van der Waals surface area contributed by atoms with E-state index in [-0.39, 0.29) is 11.8 Å². The van der Waals surface area contributed by atoms with E-state index in [0.29, 0.717) is 41.1 Å². The van der Waals surface area contributed by atoms with Crippen molar-refractivity contribution in [3.63, 3.8) is 0 Å². The van der Waals surface area contributed by atoms with Crippen LogP contribution in [0, 0.1) is 0 Å². The number of ether oxygens (including phenoxy) is 1. The van der Waals surface area contributed by atoms with Gasteiger partial charge in [0.05, 0.1) is 15.7 Å². The van der Waals surface area contributed by atoms with E-state index in [0.717, 1.165) is 11.3 Å². The molecule has 2 amide bonds. The topological polar surface area (TPSA) is 70.7 Å². The average Bonchev–Trinajstić information content (AvgIpc) is 2.65. The van der Waals surface area contributed by atoms with Crippen molar-refractivity contribution in [2.45, 2.75) is 26.5 Å². The Hall–Kier alpha value is -2.44. The van der Waals surface area contributed by atoms with Crippen molar-refractivity contribution in [3.8, 4) is 5.75 Å². The molecule has 0 bridgehead atoms. The maximum absolute atomic E-state index is 12.6. The lowest BCUT2D eigenvalue weighted by Gasteiger charge is -2.33. The molecule has 0 radical (unpaired) electrons. The van der Waals surface area contributed by atoms with Crippen LogP contribution in [-0.4, -0.2) is 31.0 Å². The van der Waals surface area contributed by atoms with E-state index in [1.807, 2.05) is 30.3 Å². The van der Waals surface area contributed by atoms with E-state index in [1.165, 1.54) is 6.92 Å². The number of hydrogen-bond donors (Lipinski definition) is 2. The van der Waals surface area contributed by atoms with Gasteiger partial charge in [-0.3, -0.25) is 9.59 Å². The maximum Gasteiger partial charge on any atom is 0.267 e. The van der Waals surface area contributed by atoms with E-state index < -0.39 is 6.10 Å². The smallest absolute Gasteiger partial charge is 0.267 e. The molecule has 148 valence electrons. The molecule has 6 nitrogen and oxygen atoms in total. The van der Waals surface area contributed by atoms with Gasteiger partial charge in [-0.1, -0.05) is 29.3 Å². The molecule has 0 aliphatic carbocycles. The molecular weight excluding hydrogens is 401 g/mol. The Balaban J connectivity index is 1.76. The highest BCUT2D eigenvalue weighted by atomic mass is 35.5. The van der Waals surface area contributed by atoms with Gasteiger partial charge in [-0.15, -0.1) is 0 Å². The third-order valence-electron chi connectivity index (χ3n) is 4.36. The van der Waals surface area contributed by atoms with Crippen LogP contribution in [0.15, 0.2) is 36.4 Å². The molecule has 28 heavy (non-hydrogen) atoms. The lowest BCUT2D eigenvalue weighted by molar-refractivity contribution is -0.125. The first-order valence-electron chi connectivity index (χ1n) is 8.89. The zero-order chi connectivity index (χ0) is 20.3. The molecule has 2 N–H and O–H groups in total. The molecule has 1 heterocycles. The Morgan fingerprint density at radius 1 is 1.18 bits per heavy atom. The third-order valence-corrected chi connectivity index (χ3v) is 5.10. The fourth-order valence-electron chi connectivity index (χ4n) is 2.95. The summed E-state index contributed by atoms with van der Waals surface area (Å²) in [6, 6.07) is 11.1. The van der Waals surface area contributed by atoms with Crippen LogP contribution >= 0.6 is 23.2 Å². The normalized spacial score (nSPS) is 15.6. The van der Waals surface area contributed by atoms with Gasteiger partial charge in [0.2, 0.25) is 5.91 Å². The van der Waals surface area contributed by atoms with Crippen LogP contribution in [0.1, 0.15) is 19.4 Å². The Morgan fingerprint density at radius 3 is 2.68 bits per heavy atom. The third kappa shape index (κ3) is 4.69. The first-order chi connectivity index (χ1) is 13.3. The summed E-state index contributed by atoms with van der Waals surface area (Å²) in [7, 11) is 0. The van der Waals surface area contributed by atoms with Gasteiger partial charge in [-0.25, -0.2) is 0 Å². The van der Waals surface area contributed by atoms with Crippen molar-refractivity contribution in [2.75, 3.05) is 23.3 Å². The molecule has 0 saturated heterocycles. The number of nitrogens with zero attached hydrogens (tertiary/aromatic N) is 1. The Labute approximate surface area is 173 Å². The minimum atomic E-state index is -0.570. The first kappa shape index (κ1) is 20.3. The molecule has 2 aromatic rings. The number of carbonyl (C=O) groups excluding carboxylic acids is 2. The molecule has 2 aromatic carbocycles. The van der Waals surface area contributed by atoms with Crippen molar-refractivity contribution < 1.29 is 14.3 Å². The molecule has 0 saturated carbocycles. The molecule has 1 aliphatic heterocycles. The van der Waals surface area contributed by atoms with Crippen LogP contribution < -0.4 is 20.3 Å². The van der Waals surface area contributed by atoms with Crippen LogP contribution in [0.3, 0.4) is 0 Å². The number of carbonyl (C=O) groups is 2. The molecular formula is C20H21Cl2N3O3. The van der Waals surface area contributed by atoms with Crippen molar-refractivity contribution in [3.05, 3.63) is 52.0 Å². The summed E-state index contributed by atoms with van der Waals surface area (Å²) in [6.45, 7) is 4.45. The second kappa shape index (κ2) is 8.71. The van der Waals surface area contributed by atoms with E-state index in [9.17, 15) is 9.59 Å². The monoisotopic (exact) mass is 421 g/mol. The van der Waals surface area contributed by atoms with Gasteiger partial charge in [-0.2, -0.15) is 0 Å². The largest absolute Gasteiger partial charge is 0.479 e. The quantitative estimate of drug-likeness (QED) is 0.742. The van der Waals surface area contributed by atoms with Gasteiger partial charge in [0.25, 0.3) is 5.91 Å². The highest BCUT2D eigenvalue weighted by molar-refractivity contribution is 6.42. The molecule has 0 fully saturated rings. The molecule has 1 unspecified atom stereocenters. The number of hydrogen-bond acceptors (Lipinski definition) is 4. The number of amides is 2. The molecule has 8 heteroatoms. The molecule has 3 rings (SSSR count). The Bertz CT molecular complexity index is 904. The van der Waals surface area contributed by atoms with Crippen molar-refractivity contribution in [2.24, 2.45) is 0 Å². The van der Waals surface area contributed by atoms with Gasteiger partial charge in [0.15, 0.2) is 6.10 Å². The lowest BCUT2D eigenvalue weighted by atomic mass is 10.1. The number of anilines is 2. The minimum absolute atomic E-state index is 0.133. The Kier molecular flexibility index (Phi) is 6.31. The number of benzene rings is 2. The second-order valence-electron chi connectivity index (χ2n) is 6.52. The van der Waals surface area contributed by atoms with E-state index in [1.54, 1.807) is 17.9 Å². The van der Waals surface area contributed by atoms with Crippen LogP contribution in [-0.2, 0) is 16.1 Å². The summed E-state index contributed by atoms with van der Waals surface area (Å²) in [5, 5.41) is 7.05. The fraction of sp³-hybridized carbons (Fsp3) is 0.300. The van der Waals surface area contributed by atoms with Gasteiger partial charge in [0.1, 0.15) is 5.75 Å². The van der Waals surface area contributed by atoms with Crippen LogP contribution in [0.25, 0.3) is 0 Å². The highest BCUT2D eigenvalue weighted by Crippen LogP contribution is 2.36. The zero-order valence-electron chi connectivity index (χ0n) is 15.6. The summed E-state index contributed by atoms with van der Waals surface area (Å²) in [6.07, 6.45) is -0.570. The van der Waals surface area contributed by atoms with E-state index in [2.05, 4.69) is 10.6 Å². The number of rotatable bonds is 6. The first-order valence-corrected chi connectivity index (χ1v) is 9.65. The summed E-state index contributed by atoms with van der Waals surface area (Å²) < 4.78 is 5.71. The Morgan fingerprint density at radius 2 is 1.96 bits per heavy atom.